The van der Waals surface area contributed by atoms with Crippen LogP contribution in [0.5, 0.6) is 0 Å². The highest BCUT2D eigenvalue weighted by Crippen LogP contribution is 2.24. The molecule has 1 saturated heterocycles. The first-order valence-electron chi connectivity index (χ1n) is 7.30. The molecule has 122 valence electrons. The number of carbonyl (C=O) groups is 1. The fraction of sp³-hybridized carbons (Fsp3) is 0.400. The van der Waals surface area contributed by atoms with E-state index < -0.39 is 0 Å². The first-order chi connectivity index (χ1) is 11.2. The number of rotatable bonds is 4. The quantitative estimate of drug-likeness (QED) is 0.914. The Morgan fingerprint density at radius 3 is 2.96 bits per heavy atom. The van der Waals surface area contributed by atoms with Crippen LogP contribution in [0.2, 0.25) is 5.02 Å². The van der Waals surface area contributed by atoms with Crippen molar-refractivity contribution in [2.45, 2.75) is 12.6 Å². The lowest BCUT2D eigenvalue weighted by molar-refractivity contribution is -0.0355. The molecule has 1 N–H and O–H groups in total. The van der Waals surface area contributed by atoms with Gasteiger partial charge < -0.3 is 14.6 Å². The summed E-state index contributed by atoms with van der Waals surface area (Å²) < 4.78 is 10.9. The van der Waals surface area contributed by atoms with Crippen molar-refractivity contribution in [3.05, 3.63) is 46.6 Å². The van der Waals surface area contributed by atoms with Gasteiger partial charge in [-0.3, -0.25) is 9.69 Å². The lowest BCUT2D eigenvalue weighted by atomic mass is 10.1. The van der Waals surface area contributed by atoms with Crippen molar-refractivity contribution < 1.29 is 14.1 Å². The van der Waals surface area contributed by atoms with Crippen LogP contribution in [-0.4, -0.2) is 47.7 Å². The molecule has 7 nitrogen and oxygen atoms in total. The summed E-state index contributed by atoms with van der Waals surface area (Å²) in [5.74, 6) is 0.103. The molecule has 23 heavy (non-hydrogen) atoms. The van der Waals surface area contributed by atoms with E-state index in [1.807, 2.05) is 24.3 Å². The summed E-state index contributed by atoms with van der Waals surface area (Å²) in [7, 11) is 1.52. The van der Waals surface area contributed by atoms with E-state index in [1.165, 1.54) is 7.05 Å². The molecule has 1 amide bonds. The van der Waals surface area contributed by atoms with Gasteiger partial charge in [0.2, 0.25) is 5.89 Å². The summed E-state index contributed by atoms with van der Waals surface area (Å²) in [4.78, 5) is 17.7. The van der Waals surface area contributed by atoms with Crippen LogP contribution in [0.3, 0.4) is 0 Å². The van der Waals surface area contributed by atoms with Crippen LogP contribution >= 0.6 is 11.6 Å². The standard InChI is InChI=1S/C15H17ClN4O3/c1-17-15(21)14-18-13(23-19-14)9-20-6-7-22-12(8-20)10-2-4-11(16)5-3-10/h2-5,12H,6-9H2,1H3,(H,17,21). The molecule has 0 saturated carbocycles. The van der Waals surface area contributed by atoms with E-state index in [9.17, 15) is 4.79 Å². The topological polar surface area (TPSA) is 80.5 Å². The maximum atomic E-state index is 11.4. The third-order valence-corrected chi connectivity index (χ3v) is 3.90. The summed E-state index contributed by atoms with van der Waals surface area (Å²) in [6, 6.07) is 7.64. The summed E-state index contributed by atoms with van der Waals surface area (Å²) in [5.41, 5.74) is 1.08. The molecule has 3 rings (SSSR count). The molecule has 8 heteroatoms. The molecule has 2 aromatic rings. The molecule has 1 aromatic heterocycles. The van der Waals surface area contributed by atoms with Crippen LogP contribution in [-0.2, 0) is 11.3 Å². The van der Waals surface area contributed by atoms with E-state index in [2.05, 4.69) is 20.4 Å². The van der Waals surface area contributed by atoms with Crippen LogP contribution in [0, 0.1) is 0 Å². The Morgan fingerprint density at radius 2 is 2.22 bits per heavy atom. The van der Waals surface area contributed by atoms with Gasteiger partial charge in [0.25, 0.3) is 11.7 Å². The second-order valence-corrected chi connectivity index (χ2v) is 5.67. The number of aromatic nitrogens is 2. The Labute approximate surface area is 138 Å². The van der Waals surface area contributed by atoms with E-state index in [4.69, 9.17) is 20.9 Å². The number of morpholine rings is 1. The third kappa shape index (κ3) is 3.87. The number of hydrogen-bond acceptors (Lipinski definition) is 6. The lowest BCUT2D eigenvalue weighted by Gasteiger charge is -2.32. The summed E-state index contributed by atoms with van der Waals surface area (Å²) in [6.07, 6.45) is -0.0256. The van der Waals surface area contributed by atoms with Gasteiger partial charge in [-0.2, -0.15) is 4.98 Å². The largest absolute Gasteiger partial charge is 0.371 e. The zero-order chi connectivity index (χ0) is 16.2. The van der Waals surface area contributed by atoms with E-state index in [1.54, 1.807) is 0 Å². The van der Waals surface area contributed by atoms with Crippen molar-refractivity contribution >= 4 is 17.5 Å². The molecule has 0 radical (unpaired) electrons. The predicted octanol–water partition coefficient (Wildman–Crippen LogP) is 1.66. The van der Waals surface area contributed by atoms with Crippen LogP contribution in [0.4, 0.5) is 0 Å². The van der Waals surface area contributed by atoms with Crippen LogP contribution < -0.4 is 5.32 Å². The second kappa shape index (κ2) is 7.08. The third-order valence-electron chi connectivity index (χ3n) is 3.65. The molecule has 1 atom stereocenters. The summed E-state index contributed by atoms with van der Waals surface area (Å²) in [5, 5.41) is 6.83. The number of ether oxygens (including phenoxy) is 1. The molecular formula is C15H17ClN4O3. The number of hydrogen-bond donors (Lipinski definition) is 1. The molecule has 1 aliphatic rings. The van der Waals surface area contributed by atoms with Crippen LogP contribution in [0.1, 0.15) is 28.2 Å². The van der Waals surface area contributed by atoms with Crippen molar-refractivity contribution in [2.24, 2.45) is 0 Å². The Morgan fingerprint density at radius 1 is 1.43 bits per heavy atom. The fourth-order valence-electron chi connectivity index (χ4n) is 2.44. The SMILES string of the molecule is CNC(=O)c1noc(CN2CCOC(c3ccc(Cl)cc3)C2)n1. The van der Waals surface area contributed by atoms with Crippen molar-refractivity contribution in [2.75, 3.05) is 26.7 Å². The zero-order valence-electron chi connectivity index (χ0n) is 12.7. The number of halogens is 1. The first kappa shape index (κ1) is 15.9. The van der Waals surface area contributed by atoms with Gasteiger partial charge in [0.05, 0.1) is 19.3 Å². The molecule has 1 aromatic carbocycles. The van der Waals surface area contributed by atoms with Crippen molar-refractivity contribution in [1.29, 1.82) is 0 Å². The Kier molecular flexibility index (Phi) is 4.90. The minimum absolute atomic E-state index is 0.0256. The molecule has 1 fully saturated rings. The van der Waals surface area contributed by atoms with Crippen LogP contribution in [0.25, 0.3) is 0 Å². The van der Waals surface area contributed by atoms with Crippen molar-refractivity contribution in [3.8, 4) is 0 Å². The Balaban J connectivity index is 1.63. The lowest BCUT2D eigenvalue weighted by Crippen LogP contribution is -2.37. The van der Waals surface area contributed by atoms with E-state index in [0.29, 0.717) is 30.6 Å². The molecular weight excluding hydrogens is 320 g/mol. The monoisotopic (exact) mass is 336 g/mol. The predicted molar refractivity (Wildman–Crippen MR) is 83.1 cm³/mol. The molecule has 1 unspecified atom stereocenters. The molecule has 1 aliphatic heterocycles. The molecule has 0 spiro atoms. The van der Waals surface area contributed by atoms with Gasteiger partial charge in [-0.1, -0.05) is 28.9 Å². The molecule has 0 aliphatic carbocycles. The average Bonchev–Trinajstić information content (AvgIpc) is 3.03. The van der Waals surface area contributed by atoms with Gasteiger partial charge in [-0.25, -0.2) is 0 Å². The molecule has 2 heterocycles. The number of carbonyl (C=O) groups excluding carboxylic acids is 1. The maximum Gasteiger partial charge on any atom is 0.292 e. The van der Waals surface area contributed by atoms with Crippen LogP contribution in [0.15, 0.2) is 28.8 Å². The number of benzene rings is 1. The van der Waals surface area contributed by atoms with E-state index in [-0.39, 0.29) is 17.8 Å². The number of nitrogens with zero attached hydrogens (tertiary/aromatic N) is 3. The minimum Gasteiger partial charge on any atom is -0.371 e. The van der Waals surface area contributed by atoms with E-state index >= 15 is 0 Å². The Hall–Kier alpha value is -1.96. The zero-order valence-corrected chi connectivity index (χ0v) is 13.4. The van der Waals surface area contributed by atoms with Gasteiger partial charge in [0, 0.05) is 25.2 Å². The Bertz CT molecular complexity index is 674. The van der Waals surface area contributed by atoms with Gasteiger partial charge in [0.15, 0.2) is 0 Å². The highest BCUT2D eigenvalue weighted by atomic mass is 35.5. The first-order valence-corrected chi connectivity index (χ1v) is 7.67. The molecule has 0 bridgehead atoms. The number of amides is 1. The van der Waals surface area contributed by atoms with Gasteiger partial charge in [-0.15, -0.1) is 0 Å². The second-order valence-electron chi connectivity index (χ2n) is 5.24. The van der Waals surface area contributed by atoms with Gasteiger partial charge in [-0.05, 0) is 17.7 Å². The fourth-order valence-corrected chi connectivity index (χ4v) is 2.57. The maximum absolute atomic E-state index is 11.4. The van der Waals surface area contributed by atoms with Crippen molar-refractivity contribution in [3.63, 3.8) is 0 Å². The van der Waals surface area contributed by atoms with Gasteiger partial charge in [0.1, 0.15) is 0 Å². The van der Waals surface area contributed by atoms with Gasteiger partial charge >= 0.3 is 0 Å². The number of nitrogens with one attached hydrogen (secondary N) is 1. The minimum atomic E-state index is -0.360. The van der Waals surface area contributed by atoms with Crippen molar-refractivity contribution in [1.82, 2.24) is 20.4 Å². The van der Waals surface area contributed by atoms with E-state index in [0.717, 1.165) is 12.1 Å². The normalized spacial score (nSPS) is 18.8. The average molecular weight is 337 g/mol. The highest BCUT2D eigenvalue weighted by Gasteiger charge is 2.24. The smallest absolute Gasteiger partial charge is 0.292 e. The highest BCUT2D eigenvalue weighted by molar-refractivity contribution is 6.30. The summed E-state index contributed by atoms with van der Waals surface area (Å²) >= 11 is 5.91. The summed E-state index contributed by atoms with van der Waals surface area (Å²) in [6.45, 7) is 2.57.